The molecular weight excluding hydrogens is 240 g/mol. The largest absolute Gasteiger partial charge is 0.385 e. The second kappa shape index (κ2) is 6.06. The van der Waals surface area contributed by atoms with Crippen molar-refractivity contribution < 1.29 is 9.53 Å². The molecule has 4 nitrogen and oxygen atoms in total. The third kappa shape index (κ3) is 3.47. The van der Waals surface area contributed by atoms with E-state index in [1.54, 1.807) is 0 Å². The van der Waals surface area contributed by atoms with Crippen LogP contribution < -0.4 is 10.6 Å². The van der Waals surface area contributed by atoms with Gasteiger partial charge in [0.15, 0.2) is 0 Å². The minimum absolute atomic E-state index is 0.0130. The zero-order valence-corrected chi connectivity index (χ0v) is 11.7. The Balaban J connectivity index is 2.11. The third-order valence-corrected chi connectivity index (χ3v) is 3.55. The molecule has 1 fully saturated rings. The summed E-state index contributed by atoms with van der Waals surface area (Å²) in [5.74, 6) is -0.0130. The summed E-state index contributed by atoms with van der Waals surface area (Å²) in [6.45, 7) is 6.34. The molecule has 1 heterocycles. The molecule has 1 aliphatic rings. The summed E-state index contributed by atoms with van der Waals surface area (Å²) in [7, 11) is 0. The highest BCUT2D eigenvalue weighted by Gasteiger charge is 2.29. The Morgan fingerprint density at radius 1 is 1.32 bits per heavy atom. The highest BCUT2D eigenvalue weighted by atomic mass is 16.5. The van der Waals surface area contributed by atoms with Crippen LogP contribution in [-0.2, 0) is 4.74 Å². The molecule has 0 aliphatic carbocycles. The molecule has 1 aliphatic heterocycles. The van der Waals surface area contributed by atoms with Crippen molar-refractivity contribution in [1.82, 2.24) is 5.32 Å². The number of amides is 1. The lowest BCUT2D eigenvalue weighted by atomic mass is 9.92. The van der Waals surface area contributed by atoms with E-state index in [1.807, 2.05) is 31.2 Å². The van der Waals surface area contributed by atoms with Gasteiger partial charge in [-0.05, 0) is 38.8 Å². The van der Waals surface area contributed by atoms with Gasteiger partial charge in [-0.2, -0.15) is 0 Å². The number of anilines is 1. The van der Waals surface area contributed by atoms with E-state index in [2.05, 4.69) is 17.6 Å². The standard InChI is InChI=1S/C15H22N2O2/c1-3-16-13-7-5-4-6-12(13)14(18)17-15(2)8-10-19-11-9-15/h4-7,16H,3,8-11H2,1-2H3,(H,17,18). The van der Waals surface area contributed by atoms with Crippen molar-refractivity contribution in [2.45, 2.75) is 32.2 Å². The molecule has 0 atom stereocenters. The summed E-state index contributed by atoms with van der Waals surface area (Å²) in [5.41, 5.74) is 1.43. The summed E-state index contributed by atoms with van der Waals surface area (Å²) in [4.78, 5) is 12.4. The predicted molar refractivity (Wildman–Crippen MR) is 76.5 cm³/mol. The Bertz CT molecular complexity index is 440. The first-order valence-corrected chi connectivity index (χ1v) is 6.88. The summed E-state index contributed by atoms with van der Waals surface area (Å²) < 4.78 is 5.35. The Labute approximate surface area is 114 Å². The van der Waals surface area contributed by atoms with Crippen LogP contribution in [0.5, 0.6) is 0 Å². The van der Waals surface area contributed by atoms with Gasteiger partial charge in [0.25, 0.3) is 5.91 Å². The summed E-state index contributed by atoms with van der Waals surface area (Å²) in [6, 6.07) is 7.62. The number of nitrogens with one attached hydrogen (secondary N) is 2. The normalized spacial score (nSPS) is 17.8. The zero-order valence-electron chi connectivity index (χ0n) is 11.7. The van der Waals surface area contributed by atoms with Gasteiger partial charge >= 0.3 is 0 Å². The maximum Gasteiger partial charge on any atom is 0.253 e. The molecule has 1 aromatic rings. The fourth-order valence-corrected chi connectivity index (χ4v) is 2.31. The minimum atomic E-state index is -0.158. The second-order valence-corrected chi connectivity index (χ2v) is 5.20. The topological polar surface area (TPSA) is 50.4 Å². The lowest BCUT2D eigenvalue weighted by molar-refractivity contribution is 0.0423. The van der Waals surface area contributed by atoms with Gasteiger partial charge in [-0.15, -0.1) is 0 Å². The molecule has 0 saturated carbocycles. The van der Waals surface area contributed by atoms with E-state index < -0.39 is 0 Å². The van der Waals surface area contributed by atoms with E-state index in [0.29, 0.717) is 18.8 Å². The molecule has 2 rings (SSSR count). The van der Waals surface area contributed by atoms with Crippen LogP contribution in [0.2, 0.25) is 0 Å². The molecule has 104 valence electrons. The van der Waals surface area contributed by atoms with Crippen molar-refractivity contribution >= 4 is 11.6 Å². The smallest absolute Gasteiger partial charge is 0.253 e. The number of carbonyl (C=O) groups excluding carboxylic acids is 1. The van der Waals surface area contributed by atoms with Crippen LogP contribution in [0.3, 0.4) is 0 Å². The van der Waals surface area contributed by atoms with Crippen LogP contribution in [0.1, 0.15) is 37.0 Å². The van der Waals surface area contributed by atoms with Crippen LogP contribution in [-0.4, -0.2) is 31.2 Å². The fourth-order valence-electron chi connectivity index (χ4n) is 2.31. The van der Waals surface area contributed by atoms with Gasteiger partial charge in [-0.25, -0.2) is 0 Å². The maximum atomic E-state index is 12.4. The van der Waals surface area contributed by atoms with Crippen molar-refractivity contribution in [2.24, 2.45) is 0 Å². The van der Waals surface area contributed by atoms with E-state index in [-0.39, 0.29) is 11.4 Å². The first-order chi connectivity index (χ1) is 9.14. The summed E-state index contributed by atoms with van der Waals surface area (Å²) in [5, 5.41) is 6.37. The van der Waals surface area contributed by atoms with Crippen molar-refractivity contribution in [2.75, 3.05) is 25.1 Å². The van der Waals surface area contributed by atoms with Gasteiger partial charge in [-0.3, -0.25) is 4.79 Å². The van der Waals surface area contributed by atoms with Gasteiger partial charge in [-0.1, -0.05) is 12.1 Å². The molecule has 0 bridgehead atoms. The summed E-state index contributed by atoms with van der Waals surface area (Å²) >= 11 is 0. The number of rotatable bonds is 4. The molecule has 0 aromatic heterocycles. The monoisotopic (exact) mass is 262 g/mol. The number of ether oxygens (including phenoxy) is 1. The molecule has 0 radical (unpaired) electrons. The van der Waals surface area contributed by atoms with E-state index in [9.17, 15) is 4.79 Å². The molecule has 0 unspecified atom stereocenters. The molecule has 1 saturated heterocycles. The molecule has 1 aromatic carbocycles. The SMILES string of the molecule is CCNc1ccccc1C(=O)NC1(C)CCOCC1. The average molecular weight is 262 g/mol. The number of benzene rings is 1. The van der Waals surface area contributed by atoms with Crippen LogP contribution >= 0.6 is 0 Å². The van der Waals surface area contributed by atoms with Crippen molar-refractivity contribution in [3.63, 3.8) is 0 Å². The van der Waals surface area contributed by atoms with E-state index in [4.69, 9.17) is 4.74 Å². The maximum absolute atomic E-state index is 12.4. The lowest BCUT2D eigenvalue weighted by Crippen LogP contribution is -2.49. The van der Waals surface area contributed by atoms with Crippen LogP contribution in [0.15, 0.2) is 24.3 Å². The van der Waals surface area contributed by atoms with E-state index >= 15 is 0 Å². The minimum Gasteiger partial charge on any atom is -0.385 e. The van der Waals surface area contributed by atoms with E-state index in [0.717, 1.165) is 25.1 Å². The average Bonchev–Trinajstić information content (AvgIpc) is 2.40. The van der Waals surface area contributed by atoms with Gasteiger partial charge < -0.3 is 15.4 Å². The Morgan fingerprint density at radius 2 is 2.00 bits per heavy atom. The first-order valence-electron chi connectivity index (χ1n) is 6.88. The molecular formula is C15H22N2O2. The first kappa shape index (κ1) is 13.9. The Kier molecular flexibility index (Phi) is 4.43. The zero-order chi connectivity index (χ0) is 13.7. The summed E-state index contributed by atoms with van der Waals surface area (Å²) in [6.07, 6.45) is 1.73. The predicted octanol–water partition coefficient (Wildman–Crippen LogP) is 2.42. The van der Waals surface area contributed by atoms with Crippen LogP contribution in [0.25, 0.3) is 0 Å². The van der Waals surface area contributed by atoms with Crippen molar-refractivity contribution in [3.8, 4) is 0 Å². The molecule has 2 N–H and O–H groups in total. The van der Waals surface area contributed by atoms with Crippen molar-refractivity contribution in [1.29, 1.82) is 0 Å². The highest BCUT2D eigenvalue weighted by molar-refractivity contribution is 6.00. The van der Waals surface area contributed by atoms with Gasteiger partial charge in [0.1, 0.15) is 0 Å². The van der Waals surface area contributed by atoms with Gasteiger partial charge in [0, 0.05) is 31.0 Å². The molecule has 4 heteroatoms. The third-order valence-electron chi connectivity index (χ3n) is 3.55. The van der Waals surface area contributed by atoms with E-state index in [1.165, 1.54) is 0 Å². The highest BCUT2D eigenvalue weighted by Crippen LogP contribution is 2.22. The van der Waals surface area contributed by atoms with Crippen molar-refractivity contribution in [3.05, 3.63) is 29.8 Å². The Hall–Kier alpha value is -1.55. The molecule has 0 spiro atoms. The Morgan fingerprint density at radius 3 is 2.68 bits per heavy atom. The number of hydrogen-bond donors (Lipinski definition) is 2. The lowest BCUT2D eigenvalue weighted by Gasteiger charge is -2.34. The second-order valence-electron chi connectivity index (χ2n) is 5.20. The number of para-hydroxylation sites is 1. The van der Waals surface area contributed by atoms with Crippen LogP contribution in [0.4, 0.5) is 5.69 Å². The van der Waals surface area contributed by atoms with Gasteiger partial charge in [0.2, 0.25) is 0 Å². The quantitative estimate of drug-likeness (QED) is 0.876. The molecule has 19 heavy (non-hydrogen) atoms. The van der Waals surface area contributed by atoms with Crippen LogP contribution in [0, 0.1) is 0 Å². The molecule has 1 amide bonds. The van der Waals surface area contributed by atoms with Gasteiger partial charge in [0.05, 0.1) is 5.56 Å². The number of carbonyl (C=O) groups is 1. The number of hydrogen-bond acceptors (Lipinski definition) is 3. The fraction of sp³-hybridized carbons (Fsp3) is 0.533.